The van der Waals surface area contributed by atoms with Crippen molar-refractivity contribution in [2.24, 2.45) is 5.41 Å². The summed E-state index contributed by atoms with van der Waals surface area (Å²) in [7, 11) is 0. The van der Waals surface area contributed by atoms with Crippen LogP contribution in [0.25, 0.3) is 0 Å². The molecule has 1 aliphatic carbocycles. The molecule has 6 heteroatoms. The SMILES string of the molecule is CC(C)(C)OC(=O)N1CCC2(CCC(c3ccc(C(F)(F)F)cc3)C2)CC1. The first-order valence-electron chi connectivity index (χ1n) is 9.63. The lowest BCUT2D eigenvalue weighted by atomic mass is 9.76. The fourth-order valence-corrected chi connectivity index (χ4v) is 4.38. The lowest BCUT2D eigenvalue weighted by Crippen LogP contribution is -2.44. The average Bonchev–Trinajstić information content (AvgIpc) is 2.97. The Morgan fingerprint density at radius 1 is 1.07 bits per heavy atom. The molecule has 0 N–H and O–H groups in total. The van der Waals surface area contributed by atoms with E-state index in [0.29, 0.717) is 19.0 Å². The van der Waals surface area contributed by atoms with Gasteiger partial charge in [0.05, 0.1) is 5.56 Å². The summed E-state index contributed by atoms with van der Waals surface area (Å²) in [5.41, 5.74) is 0.109. The molecule has 1 aromatic rings. The maximum atomic E-state index is 12.7. The summed E-state index contributed by atoms with van der Waals surface area (Å²) in [5.74, 6) is 0.306. The van der Waals surface area contributed by atoms with Gasteiger partial charge >= 0.3 is 12.3 Å². The molecule has 150 valence electrons. The second-order valence-corrected chi connectivity index (χ2v) is 9.03. The minimum absolute atomic E-state index is 0.200. The number of piperidine rings is 1. The number of likely N-dealkylation sites (tertiary alicyclic amines) is 1. The van der Waals surface area contributed by atoms with Crippen molar-refractivity contribution in [2.45, 2.75) is 70.6 Å². The Labute approximate surface area is 158 Å². The number of halogens is 3. The molecule has 1 atom stereocenters. The first kappa shape index (κ1) is 20.0. The predicted molar refractivity (Wildman–Crippen MR) is 97.5 cm³/mol. The van der Waals surface area contributed by atoms with Crippen LogP contribution in [0.4, 0.5) is 18.0 Å². The van der Waals surface area contributed by atoms with Crippen molar-refractivity contribution in [3.8, 4) is 0 Å². The van der Waals surface area contributed by atoms with E-state index in [1.807, 2.05) is 20.8 Å². The highest BCUT2D eigenvalue weighted by Crippen LogP contribution is 2.52. The molecule has 1 aromatic carbocycles. The van der Waals surface area contributed by atoms with E-state index >= 15 is 0 Å². The zero-order chi connectivity index (χ0) is 19.9. The van der Waals surface area contributed by atoms with Crippen LogP contribution in [0.3, 0.4) is 0 Å². The van der Waals surface area contributed by atoms with Crippen LogP contribution in [0.2, 0.25) is 0 Å². The van der Waals surface area contributed by atoms with Crippen LogP contribution < -0.4 is 0 Å². The first-order valence-corrected chi connectivity index (χ1v) is 9.63. The summed E-state index contributed by atoms with van der Waals surface area (Å²) >= 11 is 0. The third-order valence-electron chi connectivity index (χ3n) is 5.89. The fourth-order valence-electron chi connectivity index (χ4n) is 4.38. The van der Waals surface area contributed by atoms with Gasteiger partial charge in [-0.1, -0.05) is 12.1 Å². The van der Waals surface area contributed by atoms with Crippen LogP contribution in [-0.4, -0.2) is 29.7 Å². The predicted octanol–water partition coefficient (Wildman–Crippen LogP) is 5.99. The van der Waals surface area contributed by atoms with E-state index in [2.05, 4.69) is 0 Å². The number of carbonyl (C=O) groups is 1. The molecule has 1 amide bonds. The number of carbonyl (C=O) groups excluding carboxylic acids is 1. The second-order valence-electron chi connectivity index (χ2n) is 9.03. The van der Waals surface area contributed by atoms with Gasteiger partial charge in [-0.25, -0.2) is 4.79 Å². The van der Waals surface area contributed by atoms with Gasteiger partial charge in [-0.3, -0.25) is 0 Å². The Morgan fingerprint density at radius 3 is 2.19 bits per heavy atom. The van der Waals surface area contributed by atoms with E-state index in [1.54, 1.807) is 17.0 Å². The molecule has 2 fully saturated rings. The molecule has 2 aliphatic rings. The lowest BCUT2D eigenvalue weighted by molar-refractivity contribution is -0.137. The highest BCUT2D eigenvalue weighted by Gasteiger charge is 2.43. The van der Waals surface area contributed by atoms with Crippen LogP contribution in [0.5, 0.6) is 0 Å². The second kappa shape index (κ2) is 7.02. The summed E-state index contributed by atoms with van der Waals surface area (Å²) in [5, 5.41) is 0. The highest BCUT2D eigenvalue weighted by molar-refractivity contribution is 5.68. The monoisotopic (exact) mass is 383 g/mol. The number of nitrogens with zero attached hydrogens (tertiary/aromatic N) is 1. The third-order valence-corrected chi connectivity index (χ3v) is 5.89. The smallest absolute Gasteiger partial charge is 0.416 e. The van der Waals surface area contributed by atoms with Gasteiger partial charge in [-0.15, -0.1) is 0 Å². The molecule has 27 heavy (non-hydrogen) atoms. The van der Waals surface area contributed by atoms with Gasteiger partial charge in [-0.2, -0.15) is 13.2 Å². The van der Waals surface area contributed by atoms with Gasteiger partial charge in [0.25, 0.3) is 0 Å². The van der Waals surface area contributed by atoms with E-state index in [1.165, 1.54) is 12.1 Å². The van der Waals surface area contributed by atoms with E-state index < -0.39 is 17.3 Å². The number of amides is 1. The van der Waals surface area contributed by atoms with Crippen LogP contribution in [0.15, 0.2) is 24.3 Å². The molecule has 1 saturated heterocycles. The highest BCUT2D eigenvalue weighted by atomic mass is 19.4. The van der Waals surface area contributed by atoms with Crippen LogP contribution in [-0.2, 0) is 10.9 Å². The summed E-state index contributed by atoms with van der Waals surface area (Å²) in [6.07, 6.45) is 0.380. The van der Waals surface area contributed by atoms with Crippen LogP contribution in [0, 0.1) is 5.41 Å². The summed E-state index contributed by atoms with van der Waals surface area (Å²) in [6.45, 7) is 6.97. The van der Waals surface area contributed by atoms with Crippen LogP contribution in [0.1, 0.15) is 69.9 Å². The largest absolute Gasteiger partial charge is 0.444 e. The molecule has 1 heterocycles. The Kier molecular flexibility index (Phi) is 5.21. The summed E-state index contributed by atoms with van der Waals surface area (Å²) in [6, 6.07) is 5.63. The number of ether oxygens (including phenoxy) is 1. The van der Waals surface area contributed by atoms with Gasteiger partial charge in [-0.05, 0) is 81.9 Å². The van der Waals surface area contributed by atoms with Crippen molar-refractivity contribution in [3.05, 3.63) is 35.4 Å². The molecular weight excluding hydrogens is 355 g/mol. The minimum atomic E-state index is -4.29. The molecule has 0 bridgehead atoms. The molecule has 3 rings (SSSR count). The molecule has 1 aliphatic heterocycles. The first-order chi connectivity index (χ1) is 12.5. The van der Waals surface area contributed by atoms with E-state index in [9.17, 15) is 18.0 Å². The topological polar surface area (TPSA) is 29.5 Å². The van der Waals surface area contributed by atoms with Crippen molar-refractivity contribution < 1.29 is 22.7 Å². The van der Waals surface area contributed by atoms with Gasteiger partial charge in [0.15, 0.2) is 0 Å². The molecule has 1 unspecified atom stereocenters. The van der Waals surface area contributed by atoms with Gasteiger partial charge < -0.3 is 9.64 Å². The van der Waals surface area contributed by atoms with E-state index in [0.717, 1.165) is 37.7 Å². The van der Waals surface area contributed by atoms with Gasteiger partial charge in [0.2, 0.25) is 0 Å². The summed E-state index contributed by atoms with van der Waals surface area (Å²) < 4.78 is 43.7. The van der Waals surface area contributed by atoms with Crippen molar-refractivity contribution in [1.29, 1.82) is 0 Å². The standard InChI is InChI=1S/C21H28F3NO2/c1-19(2,3)27-18(26)25-12-10-20(11-13-25)9-8-16(14-20)15-4-6-17(7-5-15)21(22,23)24/h4-7,16H,8-14H2,1-3H3. The number of rotatable bonds is 1. The molecule has 0 radical (unpaired) electrons. The van der Waals surface area contributed by atoms with Crippen LogP contribution >= 0.6 is 0 Å². The van der Waals surface area contributed by atoms with E-state index in [4.69, 9.17) is 4.74 Å². The summed E-state index contributed by atoms with van der Waals surface area (Å²) in [4.78, 5) is 14.0. The average molecular weight is 383 g/mol. The molecule has 1 saturated carbocycles. The van der Waals surface area contributed by atoms with Crippen molar-refractivity contribution in [2.75, 3.05) is 13.1 Å². The molecule has 1 spiro atoms. The molecule has 3 nitrogen and oxygen atoms in total. The quantitative estimate of drug-likeness (QED) is 0.596. The Hall–Kier alpha value is -1.72. The Morgan fingerprint density at radius 2 is 1.67 bits per heavy atom. The van der Waals surface area contributed by atoms with Crippen molar-refractivity contribution in [1.82, 2.24) is 4.90 Å². The number of hydrogen-bond donors (Lipinski definition) is 0. The van der Waals surface area contributed by atoms with Crippen molar-refractivity contribution >= 4 is 6.09 Å². The number of benzene rings is 1. The zero-order valence-electron chi connectivity index (χ0n) is 16.2. The van der Waals surface area contributed by atoms with Gasteiger partial charge in [0.1, 0.15) is 5.60 Å². The van der Waals surface area contributed by atoms with Crippen molar-refractivity contribution in [3.63, 3.8) is 0 Å². The fraction of sp³-hybridized carbons (Fsp3) is 0.667. The van der Waals surface area contributed by atoms with E-state index in [-0.39, 0.29) is 11.5 Å². The zero-order valence-corrected chi connectivity index (χ0v) is 16.2. The maximum Gasteiger partial charge on any atom is 0.416 e. The molecule has 0 aromatic heterocycles. The number of hydrogen-bond acceptors (Lipinski definition) is 2. The number of alkyl halides is 3. The lowest BCUT2D eigenvalue weighted by Gasteiger charge is -2.40. The van der Waals surface area contributed by atoms with Gasteiger partial charge in [0, 0.05) is 13.1 Å². The Balaban J connectivity index is 1.58. The third kappa shape index (κ3) is 4.77. The maximum absolute atomic E-state index is 12.7. The Bertz CT molecular complexity index is 668. The molecular formula is C21H28F3NO2. The minimum Gasteiger partial charge on any atom is -0.444 e. The normalized spacial score (nSPS) is 22.9.